The van der Waals surface area contributed by atoms with Gasteiger partial charge in [0.1, 0.15) is 18.1 Å². The second-order valence-corrected chi connectivity index (χ2v) is 9.57. The van der Waals surface area contributed by atoms with Crippen molar-refractivity contribution in [2.45, 2.75) is 70.1 Å². The SMILES string of the molecule is CC(C)CC(NC(=O)C(N)CC(N)=O)C(=O)NC(Cc1ccccc1)C(=O)NC(CCCN=C(N)N)C(=O)O. The van der Waals surface area contributed by atoms with Crippen molar-refractivity contribution in [2.24, 2.45) is 33.8 Å². The first-order valence-corrected chi connectivity index (χ1v) is 12.6. The molecule has 39 heavy (non-hydrogen) atoms. The average molecular weight is 549 g/mol. The third kappa shape index (κ3) is 13.2. The Hall–Kier alpha value is -4.20. The van der Waals surface area contributed by atoms with Crippen LogP contribution in [0, 0.1) is 5.92 Å². The van der Waals surface area contributed by atoms with Crippen molar-refractivity contribution in [1.29, 1.82) is 0 Å². The number of hydrogen-bond donors (Lipinski definition) is 8. The Kier molecular flexibility index (Phi) is 14.0. The normalized spacial score (nSPS) is 13.8. The van der Waals surface area contributed by atoms with Gasteiger partial charge in [-0.3, -0.25) is 24.2 Å². The van der Waals surface area contributed by atoms with Gasteiger partial charge in [-0.05, 0) is 30.7 Å². The lowest BCUT2D eigenvalue weighted by Gasteiger charge is -2.26. The highest BCUT2D eigenvalue weighted by Crippen LogP contribution is 2.09. The lowest BCUT2D eigenvalue weighted by Crippen LogP contribution is -2.58. The molecule has 1 rings (SSSR count). The van der Waals surface area contributed by atoms with Crippen LogP contribution in [0.2, 0.25) is 0 Å². The second-order valence-electron chi connectivity index (χ2n) is 9.57. The van der Waals surface area contributed by atoms with Crippen molar-refractivity contribution in [2.75, 3.05) is 6.54 Å². The monoisotopic (exact) mass is 548 g/mol. The molecule has 12 N–H and O–H groups in total. The van der Waals surface area contributed by atoms with E-state index in [-0.39, 0.29) is 37.7 Å². The van der Waals surface area contributed by atoms with Gasteiger partial charge in [-0.15, -0.1) is 0 Å². The molecule has 0 fully saturated rings. The van der Waals surface area contributed by atoms with Crippen molar-refractivity contribution in [1.82, 2.24) is 16.0 Å². The number of aliphatic carboxylic acids is 1. The summed E-state index contributed by atoms with van der Waals surface area (Å²) in [5.74, 6) is -4.32. The minimum atomic E-state index is -1.26. The predicted molar refractivity (Wildman–Crippen MR) is 145 cm³/mol. The van der Waals surface area contributed by atoms with E-state index in [1.165, 1.54) is 0 Å². The van der Waals surface area contributed by atoms with Gasteiger partial charge in [0.25, 0.3) is 0 Å². The van der Waals surface area contributed by atoms with Crippen LogP contribution in [0.3, 0.4) is 0 Å². The molecule has 0 aliphatic carbocycles. The summed E-state index contributed by atoms with van der Waals surface area (Å²) in [6, 6.07) is 4.10. The number of primary amides is 1. The Morgan fingerprint density at radius 2 is 1.44 bits per heavy atom. The molecule has 0 aromatic heterocycles. The Bertz CT molecular complexity index is 1010. The van der Waals surface area contributed by atoms with Crippen LogP contribution in [-0.4, -0.2) is 71.4 Å². The Morgan fingerprint density at radius 1 is 0.872 bits per heavy atom. The number of nitrogens with one attached hydrogen (secondary N) is 3. The highest BCUT2D eigenvalue weighted by molar-refractivity contribution is 5.95. The fourth-order valence-electron chi connectivity index (χ4n) is 3.66. The molecule has 0 aliphatic rings. The van der Waals surface area contributed by atoms with Crippen LogP contribution in [0.25, 0.3) is 0 Å². The summed E-state index contributed by atoms with van der Waals surface area (Å²) in [6.45, 7) is 3.86. The fourth-order valence-corrected chi connectivity index (χ4v) is 3.66. The Labute approximate surface area is 227 Å². The lowest BCUT2D eigenvalue weighted by molar-refractivity contribution is -0.142. The lowest BCUT2D eigenvalue weighted by atomic mass is 10.00. The quantitative estimate of drug-likeness (QED) is 0.0611. The zero-order valence-electron chi connectivity index (χ0n) is 22.3. The van der Waals surface area contributed by atoms with Crippen molar-refractivity contribution in [3.05, 3.63) is 35.9 Å². The van der Waals surface area contributed by atoms with Crippen LogP contribution in [-0.2, 0) is 30.4 Å². The maximum absolute atomic E-state index is 13.3. The standard InChI is InChI=1S/C25H40N8O6/c1-14(2)11-18(32-21(35)16(26)13-20(27)34)22(36)33-19(12-15-7-4-3-5-8-15)23(37)31-17(24(38)39)9-6-10-30-25(28)29/h3-5,7-8,14,16-19H,6,9-13,26H2,1-2H3,(H2,27,34)(H,31,37)(H,32,35)(H,33,36)(H,38,39)(H4,28,29,30). The van der Waals surface area contributed by atoms with Crippen molar-refractivity contribution >= 4 is 35.6 Å². The average Bonchev–Trinajstić information content (AvgIpc) is 2.84. The minimum Gasteiger partial charge on any atom is -0.480 e. The van der Waals surface area contributed by atoms with E-state index in [2.05, 4.69) is 20.9 Å². The van der Waals surface area contributed by atoms with Gasteiger partial charge >= 0.3 is 5.97 Å². The van der Waals surface area contributed by atoms with E-state index < -0.39 is 60.2 Å². The molecular weight excluding hydrogens is 508 g/mol. The van der Waals surface area contributed by atoms with E-state index in [9.17, 15) is 29.1 Å². The van der Waals surface area contributed by atoms with Crippen molar-refractivity contribution in [3.8, 4) is 0 Å². The van der Waals surface area contributed by atoms with Crippen LogP contribution < -0.4 is 38.9 Å². The van der Waals surface area contributed by atoms with Gasteiger partial charge in [-0.1, -0.05) is 44.2 Å². The predicted octanol–water partition coefficient (Wildman–Crippen LogP) is -1.93. The number of carboxylic acid groups (broad SMARTS) is 1. The summed E-state index contributed by atoms with van der Waals surface area (Å²) in [7, 11) is 0. The highest BCUT2D eigenvalue weighted by atomic mass is 16.4. The third-order valence-electron chi connectivity index (χ3n) is 5.57. The molecule has 216 valence electrons. The van der Waals surface area contributed by atoms with E-state index >= 15 is 0 Å². The van der Waals surface area contributed by atoms with Gasteiger partial charge in [0.05, 0.1) is 12.5 Å². The highest BCUT2D eigenvalue weighted by Gasteiger charge is 2.31. The summed E-state index contributed by atoms with van der Waals surface area (Å²) in [4.78, 5) is 65.7. The zero-order valence-corrected chi connectivity index (χ0v) is 22.3. The molecule has 0 saturated heterocycles. The number of carbonyl (C=O) groups is 5. The second kappa shape index (κ2) is 16.6. The maximum atomic E-state index is 13.3. The summed E-state index contributed by atoms with van der Waals surface area (Å²) in [6.07, 6.45) is 0.207. The number of amides is 4. The molecule has 14 heteroatoms. The van der Waals surface area contributed by atoms with Crippen LogP contribution in [0.4, 0.5) is 0 Å². The first-order chi connectivity index (χ1) is 18.3. The number of aliphatic imine (C=N–C) groups is 1. The minimum absolute atomic E-state index is 0.0311. The maximum Gasteiger partial charge on any atom is 0.326 e. The molecule has 0 aliphatic heterocycles. The van der Waals surface area contributed by atoms with Gasteiger partial charge in [0.15, 0.2) is 5.96 Å². The van der Waals surface area contributed by atoms with Crippen LogP contribution in [0.15, 0.2) is 35.3 Å². The number of nitrogens with zero attached hydrogens (tertiary/aromatic N) is 1. The number of benzene rings is 1. The Morgan fingerprint density at radius 3 is 1.97 bits per heavy atom. The number of rotatable bonds is 17. The van der Waals surface area contributed by atoms with Crippen LogP contribution in [0.1, 0.15) is 45.1 Å². The topological polar surface area (TPSA) is 258 Å². The van der Waals surface area contributed by atoms with Crippen LogP contribution >= 0.6 is 0 Å². The molecule has 0 radical (unpaired) electrons. The smallest absolute Gasteiger partial charge is 0.326 e. The summed E-state index contributed by atoms with van der Waals surface area (Å²) >= 11 is 0. The van der Waals surface area contributed by atoms with E-state index in [0.29, 0.717) is 12.0 Å². The number of hydrogen-bond acceptors (Lipinski definition) is 7. The van der Waals surface area contributed by atoms with Crippen LogP contribution in [0.5, 0.6) is 0 Å². The summed E-state index contributed by atoms with van der Waals surface area (Å²) in [5, 5.41) is 17.2. The summed E-state index contributed by atoms with van der Waals surface area (Å²) < 4.78 is 0. The number of carbonyl (C=O) groups excluding carboxylic acids is 4. The molecule has 4 amide bonds. The molecule has 0 heterocycles. The van der Waals surface area contributed by atoms with Gasteiger partial charge in [-0.2, -0.15) is 0 Å². The molecule has 4 atom stereocenters. The largest absolute Gasteiger partial charge is 0.480 e. The van der Waals surface area contributed by atoms with E-state index in [1.807, 2.05) is 13.8 Å². The molecule has 4 unspecified atom stereocenters. The number of carboxylic acids is 1. The molecular formula is C25H40N8O6. The molecule has 0 spiro atoms. The van der Waals surface area contributed by atoms with Gasteiger partial charge < -0.3 is 44.0 Å². The first-order valence-electron chi connectivity index (χ1n) is 12.6. The molecule has 0 saturated carbocycles. The fraction of sp³-hybridized carbons (Fsp3) is 0.520. The van der Waals surface area contributed by atoms with Crippen molar-refractivity contribution < 1.29 is 29.1 Å². The zero-order chi connectivity index (χ0) is 29.5. The molecule has 0 bridgehead atoms. The van der Waals surface area contributed by atoms with Gasteiger partial charge in [-0.25, -0.2) is 4.79 Å². The van der Waals surface area contributed by atoms with Gasteiger partial charge in [0.2, 0.25) is 23.6 Å². The number of nitrogens with two attached hydrogens (primary N) is 4. The van der Waals surface area contributed by atoms with E-state index in [0.717, 1.165) is 0 Å². The summed E-state index contributed by atoms with van der Waals surface area (Å²) in [5.41, 5.74) is 22.1. The Balaban J connectivity index is 3.10. The first kappa shape index (κ1) is 32.8. The number of guanidine groups is 1. The molecule has 1 aromatic carbocycles. The molecule has 14 nitrogen and oxygen atoms in total. The van der Waals surface area contributed by atoms with E-state index in [1.54, 1.807) is 30.3 Å². The third-order valence-corrected chi connectivity index (χ3v) is 5.57. The van der Waals surface area contributed by atoms with E-state index in [4.69, 9.17) is 22.9 Å². The molecule has 1 aromatic rings. The van der Waals surface area contributed by atoms with Gasteiger partial charge in [0, 0.05) is 13.0 Å². The van der Waals surface area contributed by atoms with Crippen molar-refractivity contribution in [3.63, 3.8) is 0 Å².